The molecule has 1 aromatic heterocycles. The van der Waals surface area contributed by atoms with Crippen molar-refractivity contribution >= 4 is 5.78 Å². The van der Waals surface area contributed by atoms with Crippen LogP contribution in [0, 0.1) is 0 Å². The minimum Gasteiger partial charge on any atom is -0.859 e. The number of ketones is 1. The van der Waals surface area contributed by atoms with E-state index >= 15 is 0 Å². The first kappa shape index (κ1) is 14.2. The maximum absolute atomic E-state index is 11.3. The van der Waals surface area contributed by atoms with Crippen LogP contribution in [0.15, 0.2) is 9.59 Å². The molecule has 1 rings (SSSR count). The van der Waals surface area contributed by atoms with Gasteiger partial charge in [0.05, 0.1) is 5.56 Å². The third kappa shape index (κ3) is 2.58. The molecule has 1 N–H and O–H groups in total. The summed E-state index contributed by atoms with van der Waals surface area (Å²) in [5.74, 6) is -1.48. The van der Waals surface area contributed by atoms with Gasteiger partial charge in [-0.15, -0.1) is 0 Å². The molecule has 76 valence electrons. The summed E-state index contributed by atoms with van der Waals surface area (Å²) in [6.45, 7) is 1.53. The molecule has 0 aliphatic carbocycles. The van der Waals surface area contributed by atoms with Crippen LogP contribution in [0.25, 0.3) is 0 Å². The third-order valence-corrected chi connectivity index (χ3v) is 1.87. The van der Waals surface area contributed by atoms with Crippen LogP contribution in [0.5, 0.6) is 5.88 Å². The second-order valence-electron chi connectivity index (χ2n) is 2.78. The first-order valence-corrected chi connectivity index (χ1v) is 4.02. The van der Waals surface area contributed by atoms with Crippen LogP contribution >= 0.6 is 0 Å². The van der Waals surface area contributed by atoms with E-state index in [0.29, 0.717) is 4.57 Å². The molecule has 0 aliphatic heterocycles. The first-order valence-electron chi connectivity index (χ1n) is 4.02. The summed E-state index contributed by atoms with van der Waals surface area (Å²) < 4.78 is 0.699. The Hall–Kier alpha value is -0.850. The van der Waals surface area contributed by atoms with E-state index in [2.05, 4.69) is 0 Å². The number of aromatic amines is 1. The van der Waals surface area contributed by atoms with Gasteiger partial charge in [0.1, 0.15) is 0 Å². The predicted octanol–water partition coefficient (Wildman–Crippen LogP) is -4.26. The van der Waals surface area contributed by atoms with E-state index in [0.717, 1.165) is 0 Å². The van der Waals surface area contributed by atoms with E-state index in [1.165, 1.54) is 14.0 Å². The van der Waals surface area contributed by atoms with E-state index in [1.54, 1.807) is 0 Å². The molecule has 0 atom stereocenters. The van der Waals surface area contributed by atoms with Gasteiger partial charge in [-0.2, -0.15) is 0 Å². The fourth-order valence-corrected chi connectivity index (χ4v) is 1.02. The molecule has 6 nitrogen and oxygen atoms in total. The summed E-state index contributed by atoms with van der Waals surface area (Å²) in [4.78, 5) is 35.3. The average Bonchev–Trinajstić information content (AvgIpc) is 2.14. The average molecular weight is 220 g/mol. The van der Waals surface area contributed by atoms with Gasteiger partial charge >= 0.3 is 35.2 Å². The molecule has 0 radical (unpaired) electrons. The van der Waals surface area contributed by atoms with Gasteiger partial charge in [0.2, 0.25) is 0 Å². The zero-order valence-electron chi connectivity index (χ0n) is 8.79. The molecular weight excluding hydrogens is 211 g/mol. The van der Waals surface area contributed by atoms with Gasteiger partial charge < -0.3 is 10.1 Å². The van der Waals surface area contributed by atoms with Crippen LogP contribution in [0.4, 0.5) is 0 Å². The largest absolute Gasteiger partial charge is 1.00 e. The van der Waals surface area contributed by atoms with Crippen molar-refractivity contribution in [1.82, 2.24) is 9.55 Å². The molecule has 0 spiro atoms. The molecule has 15 heavy (non-hydrogen) atoms. The number of carbonyl (C=O) groups excluding carboxylic acids is 1. The smallest absolute Gasteiger partial charge is 0.859 e. The summed E-state index contributed by atoms with van der Waals surface area (Å²) in [6.07, 6.45) is 0.0521. The van der Waals surface area contributed by atoms with E-state index in [4.69, 9.17) is 0 Å². The SMILES string of the molecule is CCC(=O)c1c([O-])[nH]c(=O)n(C)c1=O.[Na+]. The summed E-state index contributed by atoms with van der Waals surface area (Å²) in [6, 6.07) is 0. The third-order valence-electron chi connectivity index (χ3n) is 1.87. The zero-order chi connectivity index (χ0) is 10.9. The molecule has 0 aromatic carbocycles. The fourth-order valence-electron chi connectivity index (χ4n) is 1.02. The Morgan fingerprint density at radius 1 is 1.47 bits per heavy atom. The predicted molar refractivity (Wildman–Crippen MR) is 46.4 cm³/mol. The van der Waals surface area contributed by atoms with Gasteiger partial charge in [-0.1, -0.05) is 6.92 Å². The summed E-state index contributed by atoms with van der Waals surface area (Å²) in [5, 5.41) is 11.1. The van der Waals surface area contributed by atoms with Crippen LogP contribution in [0.1, 0.15) is 23.7 Å². The van der Waals surface area contributed by atoms with Crippen LogP contribution in [-0.2, 0) is 7.05 Å². The number of H-pyrrole nitrogens is 1. The topological polar surface area (TPSA) is 95.0 Å². The molecule has 0 fully saturated rings. The molecular formula is C8H9N2NaO4. The van der Waals surface area contributed by atoms with Crippen LogP contribution in [0.2, 0.25) is 0 Å². The number of rotatable bonds is 2. The van der Waals surface area contributed by atoms with Gasteiger partial charge in [0.15, 0.2) is 5.78 Å². The van der Waals surface area contributed by atoms with Crippen molar-refractivity contribution in [2.45, 2.75) is 13.3 Å². The summed E-state index contributed by atoms with van der Waals surface area (Å²) in [5.41, 5.74) is -2.13. The van der Waals surface area contributed by atoms with Gasteiger partial charge in [0.25, 0.3) is 5.56 Å². The number of hydrogen-bond donors (Lipinski definition) is 1. The van der Waals surface area contributed by atoms with E-state index in [9.17, 15) is 19.5 Å². The van der Waals surface area contributed by atoms with Crippen molar-refractivity contribution in [2.75, 3.05) is 0 Å². The number of nitrogens with one attached hydrogen (secondary N) is 1. The van der Waals surface area contributed by atoms with Crippen molar-refractivity contribution in [3.8, 4) is 5.88 Å². The second kappa shape index (κ2) is 5.29. The minimum absolute atomic E-state index is 0. The van der Waals surface area contributed by atoms with Gasteiger partial charge in [0, 0.05) is 13.5 Å². The Bertz CT molecular complexity index is 488. The normalized spacial score (nSPS) is 9.47. The Balaban J connectivity index is 0.00000196. The zero-order valence-corrected chi connectivity index (χ0v) is 10.8. The number of nitrogens with zero attached hydrogens (tertiary/aromatic N) is 1. The first-order chi connectivity index (χ1) is 6.49. The van der Waals surface area contributed by atoms with Crippen molar-refractivity contribution in [1.29, 1.82) is 0 Å². The Labute approximate surface area is 107 Å². The molecule has 7 heteroatoms. The maximum Gasteiger partial charge on any atom is 1.00 e. The van der Waals surface area contributed by atoms with E-state index in [-0.39, 0.29) is 36.0 Å². The van der Waals surface area contributed by atoms with Crippen molar-refractivity contribution in [3.05, 3.63) is 26.4 Å². The maximum atomic E-state index is 11.3. The molecule has 0 saturated carbocycles. The van der Waals surface area contributed by atoms with Crippen molar-refractivity contribution < 1.29 is 39.5 Å². The second-order valence-corrected chi connectivity index (χ2v) is 2.78. The minimum atomic E-state index is -0.912. The monoisotopic (exact) mass is 220 g/mol. The molecule has 1 heterocycles. The quantitative estimate of drug-likeness (QED) is 0.403. The molecule has 0 bridgehead atoms. The molecule has 0 unspecified atom stereocenters. The Morgan fingerprint density at radius 2 is 2.00 bits per heavy atom. The molecule has 0 aliphatic rings. The van der Waals surface area contributed by atoms with Crippen LogP contribution < -0.4 is 45.9 Å². The molecule has 0 amide bonds. The van der Waals surface area contributed by atoms with Gasteiger partial charge in [-0.05, 0) is 5.88 Å². The van der Waals surface area contributed by atoms with E-state index in [1.807, 2.05) is 4.98 Å². The number of carbonyl (C=O) groups is 1. The van der Waals surface area contributed by atoms with E-state index < -0.39 is 28.5 Å². The van der Waals surface area contributed by atoms with Crippen molar-refractivity contribution in [3.63, 3.8) is 0 Å². The standard InChI is InChI=1S/C8H10N2O4.Na/c1-3-4(11)5-6(12)9-8(14)10(2)7(5)13;/h12H,3H2,1-2H3,(H,9,14);/q;+1/p-1. The number of hydrogen-bond acceptors (Lipinski definition) is 4. The molecule has 0 saturated heterocycles. The van der Waals surface area contributed by atoms with Gasteiger partial charge in [-0.25, -0.2) is 4.79 Å². The van der Waals surface area contributed by atoms with Crippen LogP contribution in [-0.4, -0.2) is 15.3 Å². The summed E-state index contributed by atoms with van der Waals surface area (Å²) >= 11 is 0. The van der Waals surface area contributed by atoms with Crippen LogP contribution in [0.3, 0.4) is 0 Å². The van der Waals surface area contributed by atoms with Gasteiger partial charge in [-0.3, -0.25) is 14.2 Å². The van der Waals surface area contributed by atoms with Crippen molar-refractivity contribution in [2.24, 2.45) is 7.05 Å². The Morgan fingerprint density at radius 3 is 2.47 bits per heavy atom. The fraction of sp³-hybridized carbons (Fsp3) is 0.375. The molecule has 1 aromatic rings. The summed E-state index contributed by atoms with van der Waals surface area (Å²) in [7, 11) is 1.20. The Kier molecular flexibility index (Phi) is 4.99. The number of Topliss-reactive ketones (excluding diaryl/α,β-unsaturated/α-hetero) is 1. The number of aromatic nitrogens is 2.